The van der Waals surface area contributed by atoms with Crippen LogP contribution in [-0.4, -0.2) is 29.3 Å². The first-order chi connectivity index (χ1) is 5.20. The van der Waals surface area contributed by atoms with Gasteiger partial charge in [0.1, 0.15) is 0 Å². The average Bonchev–Trinajstić information content (AvgIpc) is 2.01. The summed E-state index contributed by atoms with van der Waals surface area (Å²) in [5.41, 5.74) is 0. The second-order valence-corrected chi connectivity index (χ2v) is 3.39. The van der Waals surface area contributed by atoms with Crippen molar-refractivity contribution in [1.82, 2.24) is 0 Å². The van der Waals surface area contributed by atoms with E-state index in [1.807, 2.05) is 6.92 Å². The van der Waals surface area contributed by atoms with Gasteiger partial charge in [0.25, 0.3) is 0 Å². The van der Waals surface area contributed by atoms with Crippen LogP contribution in [0.2, 0.25) is 0 Å². The van der Waals surface area contributed by atoms with Gasteiger partial charge in [-0.1, -0.05) is 29.3 Å². The third-order valence-corrected chi connectivity index (χ3v) is 2.19. The lowest BCUT2D eigenvalue weighted by Crippen LogP contribution is -2.20. The molecule has 0 saturated carbocycles. The number of rotatable bonds is 6. The molecule has 0 rings (SSSR count). The third-order valence-electron chi connectivity index (χ3n) is 1.45. The minimum absolute atomic E-state index is 0.272. The van der Waals surface area contributed by atoms with E-state index in [-0.39, 0.29) is 12.2 Å². The third kappa shape index (κ3) is 6.78. The molecule has 0 amide bonds. The first-order valence-electron chi connectivity index (χ1n) is 4.06. The summed E-state index contributed by atoms with van der Waals surface area (Å²) >= 11 is 3.17. The Hall–Kier alpha value is 0.400. The van der Waals surface area contributed by atoms with E-state index < -0.39 is 0 Å². The molecule has 0 aromatic rings. The highest BCUT2D eigenvalue weighted by atomic mass is 79.9. The molecule has 0 radical (unpaired) electrons. The molecule has 68 valence electrons. The van der Waals surface area contributed by atoms with E-state index >= 15 is 0 Å². The van der Waals surface area contributed by atoms with Crippen LogP contribution in [0, 0.1) is 0 Å². The maximum absolute atomic E-state index is 9.10. The quantitative estimate of drug-likeness (QED) is 0.700. The first kappa shape index (κ1) is 11.4. The Labute approximate surface area is 77.1 Å². The van der Waals surface area contributed by atoms with E-state index in [0.717, 1.165) is 12.8 Å². The van der Waals surface area contributed by atoms with Gasteiger partial charge in [0.2, 0.25) is 0 Å². The lowest BCUT2D eigenvalue weighted by atomic mass is 10.2. The van der Waals surface area contributed by atoms with Crippen molar-refractivity contribution in [2.45, 2.75) is 38.9 Å². The van der Waals surface area contributed by atoms with E-state index in [0.29, 0.717) is 11.9 Å². The maximum atomic E-state index is 9.10. The van der Waals surface area contributed by atoms with Crippen molar-refractivity contribution in [1.29, 1.82) is 0 Å². The molecule has 1 N–H and O–H groups in total. The lowest BCUT2D eigenvalue weighted by molar-refractivity contribution is 0.00402. The van der Waals surface area contributed by atoms with Crippen LogP contribution in [0.3, 0.4) is 0 Å². The van der Waals surface area contributed by atoms with Crippen LogP contribution >= 0.6 is 15.9 Å². The smallest absolute Gasteiger partial charge is 0.0870 e. The molecule has 0 saturated heterocycles. The number of hydrogen-bond acceptors (Lipinski definition) is 2. The van der Waals surface area contributed by atoms with Gasteiger partial charge >= 0.3 is 0 Å². The van der Waals surface area contributed by atoms with Crippen LogP contribution in [0.4, 0.5) is 0 Å². The summed E-state index contributed by atoms with van der Waals surface area (Å²) in [6, 6.07) is 0. The van der Waals surface area contributed by atoms with Gasteiger partial charge < -0.3 is 9.84 Å². The van der Waals surface area contributed by atoms with Gasteiger partial charge in [-0.2, -0.15) is 0 Å². The van der Waals surface area contributed by atoms with Gasteiger partial charge in [0.05, 0.1) is 18.8 Å². The van der Waals surface area contributed by atoms with Crippen molar-refractivity contribution in [2.24, 2.45) is 0 Å². The molecular formula is C8H17BrO2. The van der Waals surface area contributed by atoms with E-state index in [9.17, 15) is 0 Å². The summed E-state index contributed by atoms with van der Waals surface area (Å²) in [6.07, 6.45) is 2.10. The van der Waals surface area contributed by atoms with Gasteiger partial charge in [0.15, 0.2) is 0 Å². The summed E-state index contributed by atoms with van der Waals surface area (Å²) in [5, 5.41) is 9.69. The van der Waals surface area contributed by atoms with Crippen molar-refractivity contribution >= 4 is 15.9 Å². The molecular weight excluding hydrogens is 208 g/mol. The normalized spacial score (nSPS) is 16.4. The monoisotopic (exact) mass is 224 g/mol. The fourth-order valence-corrected chi connectivity index (χ4v) is 0.997. The standard InChI is InChI=1S/C8H17BrO2/c1-3-4-7(2)11-6-8(10)5-9/h7-8,10H,3-6H2,1-2H3. The van der Waals surface area contributed by atoms with Crippen molar-refractivity contribution in [3.63, 3.8) is 0 Å². The molecule has 0 heterocycles. The molecule has 2 unspecified atom stereocenters. The van der Waals surface area contributed by atoms with Crippen LogP contribution < -0.4 is 0 Å². The zero-order chi connectivity index (χ0) is 8.69. The van der Waals surface area contributed by atoms with E-state index in [2.05, 4.69) is 22.9 Å². The van der Waals surface area contributed by atoms with E-state index in [1.54, 1.807) is 0 Å². The second kappa shape index (κ2) is 7.07. The SMILES string of the molecule is CCCC(C)OCC(O)CBr. The summed E-state index contributed by atoms with van der Waals surface area (Å²) in [7, 11) is 0. The zero-order valence-electron chi connectivity index (χ0n) is 7.22. The van der Waals surface area contributed by atoms with Crippen LogP contribution in [0.25, 0.3) is 0 Å². The van der Waals surface area contributed by atoms with Crippen molar-refractivity contribution < 1.29 is 9.84 Å². The summed E-state index contributed by atoms with van der Waals surface area (Å²) in [6.45, 7) is 4.59. The highest BCUT2D eigenvalue weighted by Gasteiger charge is 2.05. The molecule has 2 atom stereocenters. The minimum atomic E-state index is -0.366. The van der Waals surface area contributed by atoms with Crippen LogP contribution in [0.15, 0.2) is 0 Å². The van der Waals surface area contributed by atoms with E-state index in [1.165, 1.54) is 0 Å². The van der Waals surface area contributed by atoms with Gasteiger partial charge in [-0.15, -0.1) is 0 Å². The molecule has 3 heteroatoms. The van der Waals surface area contributed by atoms with Crippen LogP contribution in [-0.2, 0) is 4.74 Å². The molecule has 2 nitrogen and oxygen atoms in total. The van der Waals surface area contributed by atoms with E-state index in [4.69, 9.17) is 9.84 Å². The highest BCUT2D eigenvalue weighted by molar-refractivity contribution is 9.09. The number of halogens is 1. The average molecular weight is 225 g/mol. The molecule has 0 aliphatic carbocycles. The molecule has 0 fully saturated rings. The second-order valence-electron chi connectivity index (χ2n) is 2.74. The number of hydrogen-bond donors (Lipinski definition) is 1. The van der Waals surface area contributed by atoms with Gasteiger partial charge in [-0.3, -0.25) is 0 Å². The molecule has 0 aromatic heterocycles. The Morgan fingerprint density at radius 1 is 1.55 bits per heavy atom. The molecule has 0 spiro atoms. The Kier molecular flexibility index (Phi) is 7.33. The van der Waals surface area contributed by atoms with Gasteiger partial charge in [-0.25, -0.2) is 0 Å². The van der Waals surface area contributed by atoms with Gasteiger partial charge in [0, 0.05) is 5.33 Å². The number of aliphatic hydroxyl groups is 1. The Balaban J connectivity index is 3.22. The number of alkyl halides is 1. The molecule has 0 aliphatic heterocycles. The fraction of sp³-hybridized carbons (Fsp3) is 1.00. The van der Waals surface area contributed by atoms with Gasteiger partial charge in [-0.05, 0) is 13.3 Å². The predicted octanol–water partition coefficient (Wildman–Crippen LogP) is 1.95. The lowest BCUT2D eigenvalue weighted by Gasteiger charge is -2.13. The van der Waals surface area contributed by atoms with Crippen LogP contribution in [0.5, 0.6) is 0 Å². The first-order valence-corrected chi connectivity index (χ1v) is 5.18. The summed E-state index contributed by atoms with van der Waals surface area (Å²) in [5.74, 6) is 0. The Morgan fingerprint density at radius 3 is 2.64 bits per heavy atom. The minimum Gasteiger partial charge on any atom is -0.390 e. The fourth-order valence-electron chi connectivity index (χ4n) is 0.810. The summed E-state index contributed by atoms with van der Waals surface area (Å²) < 4.78 is 5.36. The molecule has 11 heavy (non-hydrogen) atoms. The molecule has 0 aromatic carbocycles. The maximum Gasteiger partial charge on any atom is 0.0870 e. The Bertz CT molecular complexity index is 88.2. The molecule has 0 aliphatic rings. The summed E-state index contributed by atoms with van der Waals surface area (Å²) in [4.78, 5) is 0. The largest absolute Gasteiger partial charge is 0.390 e. The van der Waals surface area contributed by atoms with Crippen molar-refractivity contribution in [3.05, 3.63) is 0 Å². The topological polar surface area (TPSA) is 29.5 Å². The van der Waals surface area contributed by atoms with Crippen molar-refractivity contribution in [2.75, 3.05) is 11.9 Å². The van der Waals surface area contributed by atoms with Crippen LogP contribution in [0.1, 0.15) is 26.7 Å². The Morgan fingerprint density at radius 2 is 2.18 bits per heavy atom. The van der Waals surface area contributed by atoms with Crippen molar-refractivity contribution in [3.8, 4) is 0 Å². The number of aliphatic hydroxyl groups excluding tert-OH is 1. The zero-order valence-corrected chi connectivity index (χ0v) is 8.80. The molecule has 0 bridgehead atoms. The highest BCUT2D eigenvalue weighted by Crippen LogP contribution is 2.02. The number of ether oxygens (including phenoxy) is 1. The predicted molar refractivity (Wildman–Crippen MR) is 50.1 cm³/mol.